The molecule has 0 N–H and O–H groups in total. The van der Waals surface area contributed by atoms with Crippen molar-refractivity contribution >= 4 is 21.7 Å². The molecule has 0 heterocycles. The number of hydrogen-bond acceptors (Lipinski definition) is 1. The van der Waals surface area contributed by atoms with Gasteiger partial charge in [0.25, 0.3) is 0 Å². The van der Waals surface area contributed by atoms with Crippen LogP contribution in [0, 0.1) is 23.3 Å². The highest BCUT2D eigenvalue weighted by Crippen LogP contribution is 2.20. The minimum Gasteiger partial charge on any atom is -0.294 e. The second-order valence-corrected chi connectivity index (χ2v) is 4.97. The highest BCUT2D eigenvalue weighted by atomic mass is 79.9. The van der Waals surface area contributed by atoms with Gasteiger partial charge in [-0.05, 0) is 29.8 Å². The van der Waals surface area contributed by atoms with E-state index in [1.807, 2.05) is 0 Å². The summed E-state index contributed by atoms with van der Waals surface area (Å²) >= 11 is 3.06. The Morgan fingerprint density at radius 1 is 0.950 bits per heavy atom. The minimum atomic E-state index is -1.72. The van der Waals surface area contributed by atoms with Crippen molar-refractivity contribution < 1.29 is 22.4 Å². The summed E-state index contributed by atoms with van der Waals surface area (Å²) in [5, 5.41) is 0. The van der Waals surface area contributed by atoms with Gasteiger partial charge in [-0.1, -0.05) is 22.0 Å². The van der Waals surface area contributed by atoms with E-state index in [1.54, 1.807) is 0 Å². The van der Waals surface area contributed by atoms with E-state index in [2.05, 4.69) is 15.9 Å². The molecule has 0 spiro atoms. The molecule has 0 bridgehead atoms. The lowest BCUT2D eigenvalue weighted by Crippen LogP contribution is -2.09. The summed E-state index contributed by atoms with van der Waals surface area (Å²) in [5.74, 6) is -6.13. The first-order chi connectivity index (χ1) is 9.40. The molecular weight excluding hydrogens is 340 g/mol. The number of Topliss-reactive ketones (excluding diaryl/α,β-unsaturated/α-hetero) is 1. The van der Waals surface area contributed by atoms with E-state index in [0.717, 1.165) is 12.1 Å². The van der Waals surface area contributed by atoms with Crippen molar-refractivity contribution in [2.24, 2.45) is 0 Å². The summed E-state index contributed by atoms with van der Waals surface area (Å²) in [7, 11) is 0. The van der Waals surface area contributed by atoms with Crippen molar-refractivity contribution in [2.75, 3.05) is 0 Å². The van der Waals surface area contributed by atoms with Gasteiger partial charge in [-0.2, -0.15) is 0 Å². The van der Waals surface area contributed by atoms with Crippen LogP contribution < -0.4 is 0 Å². The molecule has 0 saturated heterocycles. The van der Waals surface area contributed by atoms with Crippen molar-refractivity contribution in [3.05, 3.63) is 69.2 Å². The van der Waals surface area contributed by atoms with E-state index in [9.17, 15) is 22.4 Å². The first kappa shape index (κ1) is 14.7. The third-order valence-electron chi connectivity index (χ3n) is 2.70. The second kappa shape index (κ2) is 5.75. The first-order valence-corrected chi connectivity index (χ1v) is 6.30. The van der Waals surface area contributed by atoms with Crippen molar-refractivity contribution in [3.8, 4) is 0 Å². The number of ketones is 1. The fraction of sp³-hybridized carbons (Fsp3) is 0.0714. The molecular formula is C14H7BrF4O. The number of benzene rings is 2. The van der Waals surface area contributed by atoms with Gasteiger partial charge in [0.1, 0.15) is 5.82 Å². The number of carbonyl (C=O) groups is 1. The maximum Gasteiger partial charge on any atom is 0.195 e. The van der Waals surface area contributed by atoms with Crippen molar-refractivity contribution in [1.82, 2.24) is 0 Å². The molecule has 0 radical (unpaired) electrons. The average molecular weight is 347 g/mol. The second-order valence-electron chi connectivity index (χ2n) is 4.06. The fourth-order valence-electron chi connectivity index (χ4n) is 1.67. The topological polar surface area (TPSA) is 17.1 Å². The zero-order chi connectivity index (χ0) is 14.9. The van der Waals surface area contributed by atoms with Gasteiger partial charge in [0.05, 0.1) is 5.56 Å². The Kier molecular flexibility index (Phi) is 4.23. The molecule has 104 valence electrons. The van der Waals surface area contributed by atoms with Crippen LogP contribution in [0.2, 0.25) is 0 Å². The van der Waals surface area contributed by atoms with E-state index in [4.69, 9.17) is 0 Å². The standard InChI is InChI=1S/C14H7BrF4O/c15-8-2-1-7(11(17)6-8)5-12(20)9-3-4-10(16)14(19)13(9)18/h1-4,6H,5H2. The summed E-state index contributed by atoms with van der Waals surface area (Å²) in [4.78, 5) is 11.8. The van der Waals surface area contributed by atoms with Gasteiger partial charge in [0, 0.05) is 10.9 Å². The smallest absolute Gasteiger partial charge is 0.195 e. The van der Waals surface area contributed by atoms with Crippen LogP contribution >= 0.6 is 15.9 Å². The van der Waals surface area contributed by atoms with E-state index >= 15 is 0 Å². The molecule has 0 aliphatic carbocycles. The maximum atomic E-state index is 13.6. The van der Waals surface area contributed by atoms with Gasteiger partial charge in [-0.25, -0.2) is 17.6 Å². The van der Waals surface area contributed by atoms with Gasteiger partial charge in [0.2, 0.25) is 0 Å². The Balaban J connectivity index is 2.31. The number of rotatable bonds is 3. The summed E-state index contributed by atoms with van der Waals surface area (Å²) < 4.78 is 53.3. The lowest BCUT2D eigenvalue weighted by Gasteiger charge is -2.05. The van der Waals surface area contributed by atoms with Gasteiger partial charge >= 0.3 is 0 Å². The molecule has 1 nitrogen and oxygen atoms in total. The van der Waals surface area contributed by atoms with E-state index in [0.29, 0.717) is 10.5 Å². The van der Waals surface area contributed by atoms with Crippen LogP contribution in [-0.2, 0) is 6.42 Å². The summed E-state index contributed by atoms with van der Waals surface area (Å²) in [6.07, 6.45) is -0.443. The van der Waals surface area contributed by atoms with Crippen molar-refractivity contribution in [2.45, 2.75) is 6.42 Å². The fourth-order valence-corrected chi connectivity index (χ4v) is 2.01. The summed E-state index contributed by atoms with van der Waals surface area (Å²) in [6, 6.07) is 5.53. The maximum absolute atomic E-state index is 13.6. The van der Waals surface area contributed by atoms with E-state index < -0.39 is 41.0 Å². The normalized spacial score (nSPS) is 10.7. The molecule has 0 aromatic heterocycles. The van der Waals surface area contributed by atoms with Gasteiger partial charge in [-0.3, -0.25) is 4.79 Å². The highest BCUT2D eigenvalue weighted by molar-refractivity contribution is 9.10. The molecule has 0 aliphatic heterocycles. The average Bonchev–Trinajstić information content (AvgIpc) is 2.39. The Morgan fingerprint density at radius 2 is 1.65 bits per heavy atom. The van der Waals surface area contributed by atoms with Crippen LogP contribution in [0.4, 0.5) is 17.6 Å². The molecule has 0 unspecified atom stereocenters. The molecule has 2 aromatic carbocycles. The zero-order valence-electron chi connectivity index (χ0n) is 9.89. The Labute approximate surface area is 120 Å². The minimum absolute atomic E-state index is 0.0438. The summed E-state index contributed by atoms with van der Waals surface area (Å²) in [6.45, 7) is 0. The lowest BCUT2D eigenvalue weighted by atomic mass is 10.0. The van der Waals surface area contributed by atoms with Crippen LogP contribution in [-0.4, -0.2) is 5.78 Å². The van der Waals surface area contributed by atoms with Crippen LogP contribution in [0.1, 0.15) is 15.9 Å². The van der Waals surface area contributed by atoms with Gasteiger partial charge in [0.15, 0.2) is 23.2 Å². The largest absolute Gasteiger partial charge is 0.294 e. The molecule has 0 aliphatic rings. The predicted molar refractivity (Wildman–Crippen MR) is 68.5 cm³/mol. The molecule has 0 amide bonds. The predicted octanol–water partition coefficient (Wildman–Crippen LogP) is 4.43. The Bertz CT molecular complexity index is 685. The first-order valence-electron chi connectivity index (χ1n) is 5.50. The number of carbonyl (C=O) groups excluding carboxylic acids is 1. The Hall–Kier alpha value is -1.69. The molecule has 6 heteroatoms. The van der Waals surface area contributed by atoms with E-state index in [1.165, 1.54) is 12.1 Å². The molecule has 2 rings (SSSR count). The Morgan fingerprint density at radius 3 is 2.30 bits per heavy atom. The van der Waals surface area contributed by atoms with Crippen LogP contribution in [0.25, 0.3) is 0 Å². The van der Waals surface area contributed by atoms with Crippen LogP contribution in [0.5, 0.6) is 0 Å². The van der Waals surface area contributed by atoms with Crippen molar-refractivity contribution in [3.63, 3.8) is 0 Å². The monoisotopic (exact) mass is 346 g/mol. The third kappa shape index (κ3) is 2.90. The number of halogens is 5. The van der Waals surface area contributed by atoms with Crippen molar-refractivity contribution in [1.29, 1.82) is 0 Å². The quantitative estimate of drug-likeness (QED) is 0.456. The molecule has 2 aromatic rings. The highest BCUT2D eigenvalue weighted by Gasteiger charge is 2.19. The molecule has 0 atom stereocenters. The van der Waals surface area contributed by atoms with Gasteiger partial charge in [-0.15, -0.1) is 0 Å². The summed E-state index contributed by atoms with van der Waals surface area (Å²) in [5.41, 5.74) is -0.562. The lowest BCUT2D eigenvalue weighted by molar-refractivity contribution is 0.0986. The van der Waals surface area contributed by atoms with Crippen LogP contribution in [0.3, 0.4) is 0 Å². The SMILES string of the molecule is O=C(Cc1ccc(Br)cc1F)c1ccc(F)c(F)c1F. The third-order valence-corrected chi connectivity index (χ3v) is 3.19. The molecule has 0 saturated carbocycles. The van der Waals surface area contributed by atoms with Crippen LogP contribution in [0.15, 0.2) is 34.8 Å². The van der Waals surface area contributed by atoms with Gasteiger partial charge < -0.3 is 0 Å². The number of hydrogen-bond donors (Lipinski definition) is 0. The molecule has 20 heavy (non-hydrogen) atoms. The molecule has 0 fully saturated rings. The van der Waals surface area contributed by atoms with E-state index in [-0.39, 0.29) is 5.56 Å². The zero-order valence-corrected chi connectivity index (χ0v) is 11.5.